The Morgan fingerprint density at radius 2 is 0.617 bits per heavy atom. The van der Waals surface area contributed by atoms with Crippen LogP contribution >= 0.6 is 0 Å². The first-order valence-corrected chi connectivity index (χ1v) is 23.1. The van der Waals surface area contributed by atoms with Crippen molar-refractivity contribution in [2.75, 3.05) is 28.2 Å². The number of nitrogens with zero attached hydrogens (tertiary/aromatic N) is 4. The van der Waals surface area contributed by atoms with Gasteiger partial charge in [0, 0.05) is 95.7 Å². The van der Waals surface area contributed by atoms with Gasteiger partial charge in [0.25, 0.3) is 0 Å². The van der Waals surface area contributed by atoms with E-state index in [9.17, 15) is 19.2 Å². The molecule has 0 bridgehead atoms. The van der Waals surface area contributed by atoms with Crippen LogP contribution in [0.1, 0.15) is 149 Å². The van der Waals surface area contributed by atoms with Gasteiger partial charge in [-0.1, -0.05) is 27.7 Å². The predicted octanol–water partition coefficient (Wildman–Crippen LogP) is 7.20. The summed E-state index contributed by atoms with van der Waals surface area (Å²) in [6, 6.07) is 0.473. The Morgan fingerprint density at radius 1 is 0.417 bits per heavy atom. The highest BCUT2D eigenvalue weighted by Crippen LogP contribution is 2.41. The molecule has 4 saturated heterocycles. The minimum absolute atomic E-state index is 0.0244. The summed E-state index contributed by atoms with van der Waals surface area (Å²) in [6.07, 6.45) is -0.264. The number of esters is 4. The van der Waals surface area contributed by atoms with Gasteiger partial charge in [0.2, 0.25) is 0 Å². The van der Waals surface area contributed by atoms with Gasteiger partial charge in [-0.25, -0.2) is 0 Å². The summed E-state index contributed by atoms with van der Waals surface area (Å²) < 4.78 is 25.5. The summed E-state index contributed by atoms with van der Waals surface area (Å²) in [7, 11) is 8.35. The van der Waals surface area contributed by atoms with E-state index < -0.39 is 73.0 Å². The molecule has 0 aromatic rings. The Bertz CT molecular complexity index is 1440. The molecule has 14 unspecified atom stereocenters. The smallest absolute Gasteiger partial charge is 0.310 e. The maximum atomic E-state index is 14.9. The molecule has 0 spiro atoms. The lowest BCUT2D eigenvalue weighted by atomic mass is 9.78. The number of rotatable bonds is 11. The van der Waals surface area contributed by atoms with Gasteiger partial charge in [0.05, 0.1) is 24.7 Å². The van der Waals surface area contributed by atoms with Crippen LogP contribution in [0.5, 0.6) is 0 Å². The number of ether oxygens (including phenoxy) is 4. The maximum absolute atomic E-state index is 14.9. The molecule has 0 aromatic heterocycles. The van der Waals surface area contributed by atoms with Crippen LogP contribution in [0.25, 0.3) is 0 Å². The first kappa shape index (κ1) is 50.4. The molecule has 0 saturated carbocycles. The Balaban J connectivity index is 1.74. The van der Waals surface area contributed by atoms with Gasteiger partial charge in [-0.15, -0.1) is 0 Å². The number of piperidine rings is 4. The zero-order chi connectivity index (χ0) is 45.8. The lowest BCUT2D eigenvalue weighted by Crippen LogP contribution is -2.59. The zero-order valence-electron chi connectivity index (χ0n) is 41.4. The monoisotopic (exact) mass is 847 g/mol. The highest BCUT2D eigenvalue weighted by Gasteiger charge is 2.50. The minimum Gasteiger partial charge on any atom is -0.462 e. The molecule has 346 valence electrons. The first-order chi connectivity index (χ1) is 27.3. The van der Waals surface area contributed by atoms with Crippen molar-refractivity contribution < 1.29 is 38.1 Å². The Morgan fingerprint density at radius 3 is 0.833 bits per heavy atom. The summed E-state index contributed by atoms with van der Waals surface area (Å²) in [4.78, 5) is 67.7. The van der Waals surface area contributed by atoms with Crippen molar-refractivity contribution in [1.29, 1.82) is 0 Å². The van der Waals surface area contributed by atoms with Crippen LogP contribution in [0.2, 0.25) is 0 Å². The molecule has 0 amide bonds. The standard InChI is InChI=1S/C48H86N4O8/c1-27-31(5)49(17)45(9,10)23-37(27)57-41(53)21-35(43(55)59-39-25-47(13,14)51(19)33(7)29(39)3)36(44(56)60-40-26-48(15,16)52(20)34(8)30(40)4)22-42(54)58-38-24-46(11,12)50(18)32(6)28(38)2/h27-40H,21-26H2,1-20H3. The number of carbonyl (C=O) groups excluding carboxylic acids is 4. The van der Waals surface area contributed by atoms with E-state index in [4.69, 9.17) is 18.9 Å². The highest BCUT2D eigenvalue weighted by molar-refractivity contribution is 5.89. The fourth-order valence-corrected chi connectivity index (χ4v) is 10.8. The van der Waals surface area contributed by atoms with Crippen molar-refractivity contribution in [1.82, 2.24) is 19.6 Å². The number of carbonyl (C=O) groups is 4. The van der Waals surface area contributed by atoms with E-state index in [2.05, 4.69) is 159 Å². The van der Waals surface area contributed by atoms with E-state index in [1.54, 1.807) is 0 Å². The molecule has 4 aliphatic rings. The lowest BCUT2D eigenvalue weighted by Gasteiger charge is -2.51. The molecule has 60 heavy (non-hydrogen) atoms. The van der Waals surface area contributed by atoms with Gasteiger partial charge in [-0.2, -0.15) is 0 Å². The summed E-state index contributed by atoms with van der Waals surface area (Å²) in [6.45, 7) is 33.9. The molecule has 12 nitrogen and oxygen atoms in total. The molecule has 4 aliphatic heterocycles. The van der Waals surface area contributed by atoms with Gasteiger partial charge in [-0.05, 0) is 111 Å². The predicted molar refractivity (Wildman–Crippen MR) is 236 cm³/mol. The van der Waals surface area contributed by atoms with Gasteiger partial charge < -0.3 is 18.9 Å². The molecule has 14 atom stereocenters. The van der Waals surface area contributed by atoms with Crippen molar-refractivity contribution in [3.63, 3.8) is 0 Å². The fourth-order valence-electron chi connectivity index (χ4n) is 10.8. The van der Waals surface area contributed by atoms with Crippen LogP contribution < -0.4 is 0 Å². The Kier molecular flexibility index (Phi) is 15.5. The quantitative estimate of drug-likeness (QED) is 0.155. The molecule has 12 heteroatoms. The fraction of sp³-hybridized carbons (Fsp3) is 0.917. The van der Waals surface area contributed by atoms with Gasteiger partial charge in [0.15, 0.2) is 0 Å². The average molecular weight is 847 g/mol. The molecular weight excluding hydrogens is 761 g/mol. The third-order valence-electron chi connectivity index (χ3n) is 17.4. The molecule has 0 aromatic carbocycles. The van der Waals surface area contributed by atoms with E-state index in [1.165, 1.54) is 0 Å². The van der Waals surface area contributed by atoms with Gasteiger partial charge >= 0.3 is 23.9 Å². The largest absolute Gasteiger partial charge is 0.462 e. The van der Waals surface area contributed by atoms with Crippen molar-refractivity contribution in [3.05, 3.63) is 0 Å². The van der Waals surface area contributed by atoms with Crippen molar-refractivity contribution in [3.8, 4) is 0 Å². The first-order valence-electron chi connectivity index (χ1n) is 23.1. The zero-order valence-corrected chi connectivity index (χ0v) is 41.4. The van der Waals surface area contributed by atoms with Crippen LogP contribution in [0, 0.1) is 35.5 Å². The van der Waals surface area contributed by atoms with E-state index in [0.717, 1.165) is 0 Å². The van der Waals surface area contributed by atoms with Crippen molar-refractivity contribution >= 4 is 23.9 Å². The Hall–Kier alpha value is -2.28. The Labute approximate surface area is 364 Å². The van der Waals surface area contributed by atoms with E-state index >= 15 is 0 Å². The summed E-state index contributed by atoms with van der Waals surface area (Å²) in [5.41, 5.74) is -1.01. The molecule has 0 radical (unpaired) electrons. The van der Waals surface area contributed by atoms with Crippen molar-refractivity contribution in [2.45, 2.75) is 220 Å². The van der Waals surface area contributed by atoms with E-state index in [0.29, 0.717) is 25.7 Å². The van der Waals surface area contributed by atoms with Crippen LogP contribution in [-0.2, 0) is 38.1 Å². The molecule has 4 fully saturated rings. The summed E-state index contributed by atoms with van der Waals surface area (Å²) >= 11 is 0. The van der Waals surface area contributed by atoms with Crippen LogP contribution in [0.4, 0.5) is 0 Å². The van der Waals surface area contributed by atoms with E-state index in [-0.39, 0.29) is 70.0 Å². The van der Waals surface area contributed by atoms with Crippen LogP contribution in [-0.4, -0.2) is 142 Å². The van der Waals surface area contributed by atoms with Crippen molar-refractivity contribution in [2.24, 2.45) is 35.5 Å². The van der Waals surface area contributed by atoms with Crippen LogP contribution in [0.3, 0.4) is 0 Å². The summed E-state index contributed by atoms with van der Waals surface area (Å²) in [5.74, 6) is -5.27. The second-order valence-corrected chi connectivity index (χ2v) is 22.5. The number of hydrogen-bond donors (Lipinski definition) is 0. The third-order valence-corrected chi connectivity index (χ3v) is 17.4. The highest BCUT2D eigenvalue weighted by atomic mass is 16.6. The van der Waals surface area contributed by atoms with E-state index in [1.807, 2.05) is 0 Å². The molecule has 0 N–H and O–H groups in total. The topological polar surface area (TPSA) is 118 Å². The SMILES string of the molecule is CC1C(OC(=O)CC(C(=O)OC2CC(C)(C)N(C)C(C)C2C)C(CC(=O)OC2CC(C)(C)N(C)C(C)C2C)C(=O)OC2CC(C)(C)N(C)C(C)C2C)CC(C)(C)N(C)C1C. The molecule has 4 rings (SSSR count). The maximum Gasteiger partial charge on any atom is 0.310 e. The molecule has 4 heterocycles. The average Bonchev–Trinajstić information content (AvgIpc) is 3.14. The molecular formula is C48H86N4O8. The van der Waals surface area contributed by atoms with Crippen LogP contribution in [0.15, 0.2) is 0 Å². The minimum atomic E-state index is -1.34. The van der Waals surface area contributed by atoms with Gasteiger partial charge in [-0.3, -0.25) is 38.8 Å². The van der Waals surface area contributed by atoms with Gasteiger partial charge in [0.1, 0.15) is 24.4 Å². The summed E-state index contributed by atoms with van der Waals surface area (Å²) in [5, 5.41) is 0. The number of hydrogen-bond acceptors (Lipinski definition) is 12. The second-order valence-electron chi connectivity index (χ2n) is 22.5. The third kappa shape index (κ3) is 10.6. The normalized spacial score (nSPS) is 38.3. The molecule has 0 aliphatic carbocycles. The second kappa shape index (κ2) is 18.4. The number of likely N-dealkylation sites (tertiary alicyclic amines) is 4. The lowest BCUT2D eigenvalue weighted by molar-refractivity contribution is -0.185.